The van der Waals surface area contributed by atoms with Crippen LogP contribution < -0.4 is 10.6 Å². The molecule has 0 bridgehead atoms. The fourth-order valence-corrected chi connectivity index (χ4v) is 1.94. The van der Waals surface area contributed by atoms with Gasteiger partial charge in [-0.15, -0.1) is 0 Å². The Hall–Kier alpha value is -2.43. The fraction of sp³-hybridized carbons (Fsp3) is 0.353. The van der Waals surface area contributed by atoms with E-state index in [0.717, 1.165) is 16.8 Å². The van der Waals surface area contributed by atoms with Crippen LogP contribution in [0.2, 0.25) is 0 Å². The lowest BCUT2D eigenvalue weighted by Gasteiger charge is -2.20. The summed E-state index contributed by atoms with van der Waals surface area (Å²) in [5.41, 5.74) is 3.22. The molecule has 0 spiro atoms. The van der Waals surface area contributed by atoms with Crippen molar-refractivity contribution in [3.8, 4) is 0 Å². The average Bonchev–Trinajstić information content (AvgIpc) is 2.41. The number of carbonyl (C=O) groups is 1. The van der Waals surface area contributed by atoms with Crippen molar-refractivity contribution in [3.05, 3.63) is 47.3 Å². The van der Waals surface area contributed by atoms with Crippen LogP contribution in [0.1, 0.15) is 42.4 Å². The van der Waals surface area contributed by atoms with E-state index in [0.29, 0.717) is 11.6 Å². The zero-order valence-electron chi connectivity index (χ0n) is 13.7. The summed E-state index contributed by atoms with van der Waals surface area (Å²) in [5.74, 6) is 0.203. The molecular weight excluding hydrogens is 276 g/mol. The summed E-state index contributed by atoms with van der Waals surface area (Å²) in [7, 11) is 0. The van der Waals surface area contributed by atoms with Gasteiger partial charge in [-0.3, -0.25) is 4.79 Å². The molecule has 1 aromatic heterocycles. The van der Waals surface area contributed by atoms with Gasteiger partial charge in [-0.05, 0) is 57.9 Å². The summed E-state index contributed by atoms with van der Waals surface area (Å²) in [6.07, 6.45) is 1.58. The Kier molecular flexibility index (Phi) is 4.45. The molecule has 5 nitrogen and oxygen atoms in total. The van der Waals surface area contributed by atoms with Crippen LogP contribution in [-0.4, -0.2) is 21.4 Å². The van der Waals surface area contributed by atoms with Gasteiger partial charge in [-0.25, -0.2) is 9.97 Å². The first-order chi connectivity index (χ1) is 10.2. The Bertz CT molecular complexity index is 689. The minimum Gasteiger partial charge on any atom is -0.346 e. The quantitative estimate of drug-likeness (QED) is 0.911. The third-order valence-electron chi connectivity index (χ3n) is 3.02. The standard InChI is InChI=1S/C17H22N4O/c1-11-6-7-12(2)14(10-11)20-16-18-9-8-13(19-16)15(22)21-17(3,4)5/h6-10H,1-5H3,(H,21,22)(H,18,19,20). The van der Waals surface area contributed by atoms with Crippen molar-refractivity contribution in [2.45, 2.75) is 40.2 Å². The van der Waals surface area contributed by atoms with E-state index in [-0.39, 0.29) is 11.4 Å². The van der Waals surface area contributed by atoms with Crippen molar-refractivity contribution in [1.82, 2.24) is 15.3 Å². The lowest BCUT2D eigenvalue weighted by atomic mass is 10.1. The number of hydrogen-bond donors (Lipinski definition) is 2. The first kappa shape index (κ1) is 15.9. The van der Waals surface area contributed by atoms with Crippen LogP contribution in [0.25, 0.3) is 0 Å². The average molecular weight is 298 g/mol. The molecule has 0 saturated heterocycles. The number of nitrogens with one attached hydrogen (secondary N) is 2. The first-order valence-electron chi connectivity index (χ1n) is 7.24. The fourth-order valence-electron chi connectivity index (χ4n) is 1.94. The Morgan fingerprint density at radius 2 is 1.86 bits per heavy atom. The minimum absolute atomic E-state index is 0.209. The first-order valence-corrected chi connectivity index (χ1v) is 7.24. The van der Waals surface area contributed by atoms with Gasteiger partial charge in [0.15, 0.2) is 0 Å². The Morgan fingerprint density at radius 1 is 1.14 bits per heavy atom. The van der Waals surface area contributed by atoms with Crippen molar-refractivity contribution in [2.24, 2.45) is 0 Å². The van der Waals surface area contributed by atoms with Gasteiger partial charge in [-0.2, -0.15) is 0 Å². The lowest BCUT2D eigenvalue weighted by molar-refractivity contribution is 0.0914. The van der Waals surface area contributed by atoms with Crippen molar-refractivity contribution < 1.29 is 4.79 Å². The molecule has 22 heavy (non-hydrogen) atoms. The monoisotopic (exact) mass is 298 g/mol. The second kappa shape index (κ2) is 6.13. The number of carbonyl (C=O) groups excluding carboxylic acids is 1. The SMILES string of the molecule is Cc1ccc(C)c(Nc2nccc(C(=O)NC(C)(C)C)n2)c1. The molecule has 0 aliphatic carbocycles. The molecule has 0 unspecified atom stereocenters. The molecule has 0 aliphatic rings. The molecule has 5 heteroatoms. The van der Waals surface area contributed by atoms with E-state index in [9.17, 15) is 4.79 Å². The number of hydrogen-bond acceptors (Lipinski definition) is 4. The number of aryl methyl sites for hydroxylation is 2. The van der Waals surface area contributed by atoms with Crippen LogP contribution in [-0.2, 0) is 0 Å². The Balaban J connectivity index is 2.22. The van der Waals surface area contributed by atoms with Crippen LogP contribution >= 0.6 is 0 Å². The van der Waals surface area contributed by atoms with Crippen LogP contribution in [0.3, 0.4) is 0 Å². The molecule has 0 fully saturated rings. The topological polar surface area (TPSA) is 66.9 Å². The second-order valence-corrected chi connectivity index (χ2v) is 6.41. The van der Waals surface area contributed by atoms with Crippen molar-refractivity contribution in [1.29, 1.82) is 0 Å². The highest BCUT2D eigenvalue weighted by Crippen LogP contribution is 2.19. The predicted octanol–water partition coefficient (Wildman–Crippen LogP) is 3.37. The molecule has 2 rings (SSSR count). The zero-order valence-corrected chi connectivity index (χ0v) is 13.7. The van der Waals surface area contributed by atoms with E-state index in [1.807, 2.05) is 46.8 Å². The summed E-state index contributed by atoms with van der Waals surface area (Å²) in [5, 5.41) is 6.06. The van der Waals surface area contributed by atoms with E-state index in [1.165, 1.54) is 0 Å². The highest BCUT2D eigenvalue weighted by molar-refractivity contribution is 5.93. The molecule has 0 radical (unpaired) electrons. The molecule has 116 valence electrons. The third-order valence-corrected chi connectivity index (χ3v) is 3.02. The summed E-state index contributed by atoms with van der Waals surface area (Å²) >= 11 is 0. The van der Waals surface area contributed by atoms with Gasteiger partial charge in [0.25, 0.3) is 5.91 Å². The summed E-state index contributed by atoms with van der Waals surface area (Å²) in [6.45, 7) is 9.83. The molecule has 0 saturated carbocycles. The van der Waals surface area contributed by atoms with Gasteiger partial charge in [0.2, 0.25) is 5.95 Å². The van der Waals surface area contributed by atoms with Crippen LogP contribution in [0, 0.1) is 13.8 Å². The van der Waals surface area contributed by atoms with E-state index < -0.39 is 0 Å². The van der Waals surface area contributed by atoms with Crippen LogP contribution in [0.5, 0.6) is 0 Å². The van der Waals surface area contributed by atoms with Crippen LogP contribution in [0.15, 0.2) is 30.5 Å². The van der Waals surface area contributed by atoms with E-state index in [2.05, 4.69) is 26.7 Å². The van der Waals surface area contributed by atoms with Gasteiger partial charge in [0.1, 0.15) is 5.69 Å². The number of benzene rings is 1. The van der Waals surface area contributed by atoms with Gasteiger partial charge in [-0.1, -0.05) is 12.1 Å². The summed E-state index contributed by atoms with van der Waals surface area (Å²) < 4.78 is 0. The molecule has 2 N–H and O–H groups in total. The summed E-state index contributed by atoms with van der Waals surface area (Å²) in [4.78, 5) is 20.6. The maximum atomic E-state index is 12.2. The molecule has 1 aromatic carbocycles. The minimum atomic E-state index is -0.303. The van der Waals surface area contributed by atoms with E-state index in [1.54, 1.807) is 12.3 Å². The van der Waals surface area contributed by atoms with Gasteiger partial charge in [0, 0.05) is 17.4 Å². The molecule has 1 amide bonds. The lowest BCUT2D eigenvalue weighted by Crippen LogP contribution is -2.41. The smallest absolute Gasteiger partial charge is 0.270 e. The highest BCUT2D eigenvalue weighted by Gasteiger charge is 2.16. The molecule has 0 atom stereocenters. The normalized spacial score (nSPS) is 11.1. The van der Waals surface area contributed by atoms with Crippen molar-refractivity contribution in [2.75, 3.05) is 5.32 Å². The third kappa shape index (κ3) is 4.28. The van der Waals surface area contributed by atoms with Gasteiger partial charge < -0.3 is 10.6 Å². The largest absolute Gasteiger partial charge is 0.346 e. The number of anilines is 2. The van der Waals surface area contributed by atoms with Gasteiger partial charge >= 0.3 is 0 Å². The summed E-state index contributed by atoms with van der Waals surface area (Å²) in [6, 6.07) is 7.72. The van der Waals surface area contributed by atoms with Crippen LogP contribution in [0.4, 0.5) is 11.6 Å². The maximum absolute atomic E-state index is 12.2. The maximum Gasteiger partial charge on any atom is 0.270 e. The van der Waals surface area contributed by atoms with Crippen molar-refractivity contribution in [3.63, 3.8) is 0 Å². The molecular formula is C17H22N4O. The number of amides is 1. The molecule has 0 aliphatic heterocycles. The second-order valence-electron chi connectivity index (χ2n) is 6.41. The number of nitrogens with zero attached hydrogens (tertiary/aromatic N) is 2. The van der Waals surface area contributed by atoms with E-state index >= 15 is 0 Å². The van der Waals surface area contributed by atoms with Gasteiger partial charge in [0.05, 0.1) is 0 Å². The Labute approximate surface area is 131 Å². The zero-order chi connectivity index (χ0) is 16.3. The number of rotatable bonds is 3. The molecule has 2 aromatic rings. The number of aromatic nitrogens is 2. The van der Waals surface area contributed by atoms with Crippen molar-refractivity contribution >= 4 is 17.5 Å². The highest BCUT2D eigenvalue weighted by atomic mass is 16.2. The predicted molar refractivity (Wildman–Crippen MR) is 88.4 cm³/mol. The van der Waals surface area contributed by atoms with E-state index in [4.69, 9.17) is 0 Å². The molecule has 1 heterocycles. The Morgan fingerprint density at radius 3 is 2.55 bits per heavy atom.